The van der Waals surface area contributed by atoms with E-state index in [0.29, 0.717) is 31.9 Å². The normalized spacial score (nSPS) is 18.2. The molecule has 1 saturated heterocycles. The van der Waals surface area contributed by atoms with Crippen LogP contribution in [0.25, 0.3) is 5.52 Å². The summed E-state index contributed by atoms with van der Waals surface area (Å²) in [7, 11) is 0. The number of hydrogen-bond donors (Lipinski definition) is 0. The molecule has 1 atom stereocenters. The topological polar surface area (TPSA) is 72.6 Å². The van der Waals surface area contributed by atoms with Gasteiger partial charge in [-0.3, -0.25) is 9.78 Å². The Kier molecular flexibility index (Phi) is 4.39. The predicted molar refractivity (Wildman–Crippen MR) is 91.1 cm³/mol. The Bertz CT molecular complexity index is 864. The molecule has 128 valence electrons. The number of rotatable bonds is 3. The van der Waals surface area contributed by atoms with Gasteiger partial charge < -0.3 is 14.0 Å². The van der Waals surface area contributed by atoms with Gasteiger partial charge in [0.05, 0.1) is 30.0 Å². The second kappa shape index (κ2) is 6.98. The number of hydrogen-bond acceptors (Lipinski definition) is 5. The monoisotopic (exact) mass is 337 g/mol. The maximum Gasteiger partial charge on any atom is 0.257 e. The molecule has 4 rings (SSSR count). The molecule has 1 amide bonds. The second-order valence-corrected chi connectivity index (χ2v) is 6.20. The van der Waals surface area contributed by atoms with Gasteiger partial charge in [-0.15, -0.1) is 0 Å². The number of aromatic nitrogens is 4. The Morgan fingerprint density at radius 2 is 2.16 bits per heavy atom. The molecule has 0 radical (unpaired) electrons. The zero-order valence-electron chi connectivity index (χ0n) is 13.8. The van der Waals surface area contributed by atoms with Crippen LogP contribution in [0.15, 0.2) is 49.4 Å². The summed E-state index contributed by atoms with van der Waals surface area (Å²) in [6.45, 7) is 2.38. The first-order chi connectivity index (χ1) is 12.3. The summed E-state index contributed by atoms with van der Waals surface area (Å²) in [5.74, 6) is 0.148. The average Bonchev–Trinajstić information content (AvgIpc) is 3.02. The van der Waals surface area contributed by atoms with Crippen molar-refractivity contribution in [1.82, 2.24) is 24.3 Å². The molecule has 0 aromatic carbocycles. The van der Waals surface area contributed by atoms with Gasteiger partial charge >= 0.3 is 0 Å². The fourth-order valence-corrected chi connectivity index (χ4v) is 3.24. The van der Waals surface area contributed by atoms with Crippen molar-refractivity contribution >= 4 is 11.4 Å². The standard InChI is InChI=1S/C18H19N5O2/c24-18(15-9-19-13-20-10-15)23-6-7-25-12-14(11-23)8-16-17-2-1-4-22(17)5-3-21-16/h1-5,9-10,13-14H,6-8,11-12H2/t14-/m1/s1. The van der Waals surface area contributed by atoms with E-state index in [4.69, 9.17) is 4.74 Å². The van der Waals surface area contributed by atoms with E-state index in [1.165, 1.54) is 6.33 Å². The Hall–Kier alpha value is -2.80. The van der Waals surface area contributed by atoms with Gasteiger partial charge in [-0.05, 0) is 18.6 Å². The fraction of sp³-hybridized carbons (Fsp3) is 0.333. The number of fused-ring (bicyclic) bond motifs is 1. The quantitative estimate of drug-likeness (QED) is 0.723. The highest BCUT2D eigenvalue weighted by molar-refractivity contribution is 5.93. The van der Waals surface area contributed by atoms with E-state index < -0.39 is 0 Å². The first kappa shape index (κ1) is 15.7. The molecule has 1 aliphatic heterocycles. The van der Waals surface area contributed by atoms with E-state index in [-0.39, 0.29) is 11.8 Å². The van der Waals surface area contributed by atoms with Crippen LogP contribution in [0.3, 0.4) is 0 Å². The van der Waals surface area contributed by atoms with Gasteiger partial charge in [-0.1, -0.05) is 0 Å². The van der Waals surface area contributed by atoms with E-state index in [2.05, 4.69) is 25.4 Å². The lowest BCUT2D eigenvalue weighted by Gasteiger charge is -2.23. The molecular formula is C18H19N5O2. The summed E-state index contributed by atoms with van der Waals surface area (Å²) in [6.07, 6.45) is 11.1. The number of carbonyl (C=O) groups is 1. The molecule has 0 saturated carbocycles. The van der Waals surface area contributed by atoms with Crippen LogP contribution >= 0.6 is 0 Å². The van der Waals surface area contributed by atoms with E-state index in [1.54, 1.807) is 12.4 Å². The molecule has 3 aromatic rings. The lowest BCUT2D eigenvalue weighted by Crippen LogP contribution is -2.36. The average molecular weight is 337 g/mol. The van der Waals surface area contributed by atoms with Gasteiger partial charge in [-0.25, -0.2) is 9.97 Å². The second-order valence-electron chi connectivity index (χ2n) is 6.20. The maximum absolute atomic E-state index is 12.7. The third-order valence-corrected chi connectivity index (χ3v) is 4.45. The minimum Gasteiger partial charge on any atom is -0.379 e. The Morgan fingerprint density at radius 1 is 1.28 bits per heavy atom. The van der Waals surface area contributed by atoms with Gasteiger partial charge in [0, 0.05) is 50.0 Å². The van der Waals surface area contributed by atoms with Crippen molar-refractivity contribution in [3.8, 4) is 0 Å². The van der Waals surface area contributed by atoms with Crippen LogP contribution in [0.5, 0.6) is 0 Å². The van der Waals surface area contributed by atoms with Crippen molar-refractivity contribution < 1.29 is 9.53 Å². The van der Waals surface area contributed by atoms with Crippen LogP contribution < -0.4 is 0 Å². The maximum atomic E-state index is 12.7. The summed E-state index contributed by atoms with van der Waals surface area (Å²) in [4.78, 5) is 26.9. The number of nitrogens with zero attached hydrogens (tertiary/aromatic N) is 5. The molecule has 7 heteroatoms. The molecule has 0 aliphatic carbocycles. The van der Waals surface area contributed by atoms with E-state index >= 15 is 0 Å². The Morgan fingerprint density at radius 3 is 3.04 bits per heavy atom. The zero-order valence-corrected chi connectivity index (χ0v) is 13.8. The molecule has 4 heterocycles. The van der Waals surface area contributed by atoms with E-state index in [9.17, 15) is 4.79 Å². The molecule has 1 aliphatic rings. The fourth-order valence-electron chi connectivity index (χ4n) is 3.24. The third kappa shape index (κ3) is 3.36. The SMILES string of the molecule is O=C(c1cncnc1)N1CCOC[C@H](Cc2nccn3cccc23)C1. The van der Waals surface area contributed by atoms with Crippen LogP contribution in [-0.4, -0.2) is 56.5 Å². The van der Waals surface area contributed by atoms with Crippen molar-refractivity contribution in [2.24, 2.45) is 5.92 Å². The molecular weight excluding hydrogens is 318 g/mol. The summed E-state index contributed by atoms with van der Waals surface area (Å²) in [6, 6.07) is 4.07. The van der Waals surface area contributed by atoms with E-state index in [1.807, 2.05) is 29.6 Å². The molecule has 1 fully saturated rings. The Labute approximate surface area is 145 Å². The first-order valence-corrected chi connectivity index (χ1v) is 8.34. The minimum absolute atomic E-state index is 0.0510. The highest BCUT2D eigenvalue weighted by Crippen LogP contribution is 2.18. The largest absolute Gasteiger partial charge is 0.379 e. The van der Waals surface area contributed by atoms with E-state index in [0.717, 1.165) is 17.6 Å². The third-order valence-electron chi connectivity index (χ3n) is 4.45. The number of carbonyl (C=O) groups excluding carboxylic acids is 1. The number of ether oxygens (including phenoxy) is 1. The molecule has 3 aromatic heterocycles. The van der Waals surface area contributed by atoms with Crippen molar-refractivity contribution in [3.63, 3.8) is 0 Å². The minimum atomic E-state index is -0.0510. The van der Waals surface area contributed by atoms with Crippen LogP contribution in [0.4, 0.5) is 0 Å². The predicted octanol–water partition coefficient (Wildman–Crippen LogP) is 1.46. The molecule has 0 N–H and O–H groups in total. The summed E-state index contributed by atoms with van der Waals surface area (Å²) < 4.78 is 7.79. The number of amides is 1. The smallest absolute Gasteiger partial charge is 0.257 e. The van der Waals surface area contributed by atoms with Crippen LogP contribution in [-0.2, 0) is 11.2 Å². The van der Waals surface area contributed by atoms with Gasteiger partial charge in [0.1, 0.15) is 6.33 Å². The van der Waals surface area contributed by atoms with Crippen LogP contribution in [0, 0.1) is 5.92 Å². The van der Waals surface area contributed by atoms with Crippen LogP contribution in [0.1, 0.15) is 16.1 Å². The molecule has 0 bridgehead atoms. The first-order valence-electron chi connectivity index (χ1n) is 8.34. The lowest BCUT2D eigenvalue weighted by atomic mass is 10.0. The van der Waals surface area contributed by atoms with Crippen molar-refractivity contribution in [1.29, 1.82) is 0 Å². The van der Waals surface area contributed by atoms with Crippen LogP contribution in [0.2, 0.25) is 0 Å². The highest BCUT2D eigenvalue weighted by atomic mass is 16.5. The molecule has 25 heavy (non-hydrogen) atoms. The Balaban J connectivity index is 1.52. The van der Waals surface area contributed by atoms with Gasteiger partial charge in [0.2, 0.25) is 0 Å². The summed E-state index contributed by atoms with van der Waals surface area (Å²) >= 11 is 0. The lowest BCUT2D eigenvalue weighted by molar-refractivity contribution is 0.0736. The van der Waals surface area contributed by atoms with Crippen molar-refractivity contribution in [2.45, 2.75) is 6.42 Å². The van der Waals surface area contributed by atoms with Crippen molar-refractivity contribution in [3.05, 3.63) is 60.7 Å². The summed E-state index contributed by atoms with van der Waals surface area (Å²) in [5.41, 5.74) is 2.63. The molecule has 0 unspecified atom stereocenters. The molecule has 0 spiro atoms. The zero-order chi connectivity index (χ0) is 17.1. The summed E-state index contributed by atoms with van der Waals surface area (Å²) in [5, 5.41) is 0. The highest BCUT2D eigenvalue weighted by Gasteiger charge is 2.24. The molecule has 7 nitrogen and oxygen atoms in total. The van der Waals surface area contributed by atoms with Gasteiger partial charge in [0.15, 0.2) is 0 Å². The van der Waals surface area contributed by atoms with Gasteiger partial charge in [-0.2, -0.15) is 0 Å². The van der Waals surface area contributed by atoms with Gasteiger partial charge in [0.25, 0.3) is 5.91 Å². The van der Waals surface area contributed by atoms with Crippen molar-refractivity contribution in [2.75, 3.05) is 26.3 Å².